The maximum Gasteiger partial charge on any atom is 0.329 e. The second kappa shape index (κ2) is 4.61. The van der Waals surface area contributed by atoms with E-state index in [1.54, 1.807) is 0 Å². The smallest absolute Gasteiger partial charge is 0.329 e. The molecule has 4 nitrogen and oxygen atoms in total. The summed E-state index contributed by atoms with van der Waals surface area (Å²) >= 11 is 0. The molecule has 0 bridgehead atoms. The van der Waals surface area contributed by atoms with Gasteiger partial charge in [-0.3, -0.25) is 9.13 Å². The number of nitrogens with zero attached hydrogens (tertiary/aromatic N) is 2. The fraction of sp³-hybridized carbons (Fsp3) is 0.500. The van der Waals surface area contributed by atoms with Gasteiger partial charge in [0.25, 0.3) is 0 Å². The molecule has 1 aromatic heterocycles. The summed E-state index contributed by atoms with van der Waals surface area (Å²) in [7, 11) is 0. The Hall–Kier alpha value is -1.55. The van der Waals surface area contributed by atoms with Gasteiger partial charge in [0.2, 0.25) is 0 Å². The average Bonchev–Trinajstić information content (AvgIpc) is 2.98. The van der Waals surface area contributed by atoms with Gasteiger partial charge in [0, 0.05) is 13.2 Å². The number of benzene rings is 1. The van der Waals surface area contributed by atoms with Gasteiger partial charge in [0.05, 0.1) is 23.7 Å². The molecule has 96 valence electrons. The topological polar surface area (TPSA) is 36.2 Å². The van der Waals surface area contributed by atoms with E-state index in [2.05, 4.69) is 0 Å². The highest BCUT2D eigenvalue weighted by Crippen LogP contribution is 2.17. The molecule has 1 atom stereocenters. The van der Waals surface area contributed by atoms with Crippen molar-refractivity contribution in [3.63, 3.8) is 0 Å². The van der Waals surface area contributed by atoms with Gasteiger partial charge in [0.1, 0.15) is 0 Å². The lowest BCUT2D eigenvalue weighted by atomic mass is 10.2. The first-order chi connectivity index (χ1) is 8.81. The lowest BCUT2D eigenvalue weighted by Crippen LogP contribution is -2.28. The van der Waals surface area contributed by atoms with Crippen LogP contribution in [0.5, 0.6) is 0 Å². The third-order valence-electron chi connectivity index (χ3n) is 3.65. The van der Waals surface area contributed by atoms with Crippen LogP contribution in [0.3, 0.4) is 0 Å². The Morgan fingerprint density at radius 3 is 2.61 bits per heavy atom. The summed E-state index contributed by atoms with van der Waals surface area (Å²) in [5.41, 5.74) is 2.11. The number of hydrogen-bond acceptors (Lipinski definition) is 2. The molecule has 0 N–H and O–H groups in total. The Bertz CT molecular complexity index is 606. The summed E-state index contributed by atoms with van der Waals surface area (Å²) in [6, 6.07) is 7.97. The maximum absolute atomic E-state index is 12.4. The first kappa shape index (κ1) is 11.5. The van der Waals surface area contributed by atoms with Crippen molar-refractivity contribution in [2.24, 2.45) is 0 Å². The second-order valence-electron chi connectivity index (χ2n) is 4.76. The number of imidazole rings is 1. The van der Waals surface area contributed by atoms with Crippen LogP contribution in [0.15, 0.2) is 29.1 Å². The molecule has 18 heavy (non-hydrogen) atoms. The Morgan fingerprint density at radius 2 is 2.00 bits per heavy atom. The van der Waals surface area contributed by atoms with Gasteiger partial charge in [-0.2, -0.15) is 0 Å². The van der Waals surface area contributed by atoms with Crippen molar-refractivity contribution in [3.05, 3.63) is 34.7 Å². The van der Waals surface area contributed by atoms with E-state index in [1.807, 2.05) is 40.3 Å². The molecule has 0 saturated carbocycles. The fourth-order valence-electron chi connectivity index (χ4n) is 2.75. The minimum atomic E-state index is 0.0780. The van der Waals surface area contributed by atoms with Crippen molar-refractivity contribution in [2.45, 2.75) is 39.0 Å². The van der Waals surface area contributed by atoms with Crippen LogP contribution in [-0.2, 0) is 17.8 Å². The van der Waals surface area contributed by atoms with Crippen molar-refractivity contribution in [3.8, 4) is 0 Å². The number of para-hydroxylation sites is 2. The number of aromatic nitrogens is 2. The lowest BCUT2D eigenvalue weighted by molar-refractivity contribution is 0.0970. The van der Waals surface area contributed by atoms with E-state index in [9.17, 15) is 4.79 Å². The summed E-state index contributed by atoms with van der Waals surface area (Å²) in [5.74, 6) is 0. The second-order valence-corrected chi connectivity index (χ2v) is 4.76. The molecular weight excluding hydrogens is 228 g/mol. The number of fused-ring (bicyclic) bond motifs is 1. The molecule has 1 aromatic carbocycles. The Kier molecular flexibility index (Phi) is 2.96. The summed E-state index contributed by atoms with van der Waals surface area (Å²) in [6.45, 7) is 4.21. The molecule has 1 saturated heterocycles. The van der Waals surface area contributed by atoms with Crippen molar-refractivity contribution in [1.82, 2.24) is 9.13 Å². The summed E-state index contributed by atoms with van der Waals surface area (Å²) in [4.78, 5) is 12.4. The summed E-state index contributed by atoms with van der Waals surface area (Å²) < 4.78 is 9.31. The third-order valence-corrected chi connectivity index (χ3v) is 3.65. The Balaban J connectivity index is 2.09. The monoisotopic (exact) mass is 246 g/mol. The van der Waals surface area contributed by atoms with Crippen molar-refractivity contribution >= 4 is 11.0 Å². The standard InChI is InChI=1S/C14H18N2O2/c1-2-15-12-7-3-4-8-13(12)16(14(15)17)10-11-6-5-9-18-11/h3-4,7-8,11H,2,5-6,9-10H2,1H3. The SMILES string of the molecule is CCn1c(=O)n(CC2CCCO2)c2ccccc21. The van der Waals surface area contributed by atoms with E-state index >= 15 is 0 Å². The van der Waals surface area contributed by atoms with Gasteiger partial charge in [-0.25, -0.2) is 4.79 Å². The largest absolute Gasteiger partial charge is 0.376 e. The number of hydrogen-bond donors (Lipinski definition) is 0. The highest BCUT2D eigenvalue weighted by atomic mass is 16.5. The maximum atomic E-state index is 12.4. The molecule has 2 heterocycles. The first-order valence-electron chi connectivity index (χ1n) is 6.61. The van der Waals surface area contributed by atoms with Crippen LogP contribution < -0.4 is 5.69 Å². The van der Waals surface area contributed by atoms with Gasteiger partial charge in [-0.1, -0.05) is 12.1 Å². The minimum absolute atomic E-state index is 0.0780. The Morgan fingerprint density at radius 1 is 1.28 bits per heavy atom. The average molecular weight is 246 g/mol. The number of rotatable bonds is 3. The van der Waals surface area contributed by atoms with Crippen molar-refractivity contribution in [2.75, 3.05) is 6.61 Å². The molecule has 0 spiro atoms. The highest BCUT2D eigenvalue weighted by Gasteiger charge is 2.19. The molecule has 0 amide bonds. The van der Waals surface area contributed by atoms with Gasteiger partial charge in [0.15, 0.2) is 0 Å². The molecule has 1 unspecified atom stereocenters. The van der Waals surface area contributed by atoms with Crippen LogP contribution in [-0.4, -0.2) is 21.8 Å². The normalized spacial score (nSPS) is 19.7. The van der Waals surface area contributed by atoms with Crippen molar-refractivity contribution < 1.29 is 4.74 Å². The van der Waals surface area contributed by atoms with E-state index < -0.39 is 0 Å². The molecule has 0 aliphatic carbocycles. The Labute approximate surface area is 106 Å². The van der Waals surface area contributed by atoms with Gasteiger partial charge < -0.3 is 4.74 Å². The van der Waals surface area contributed by atoms with Crippen LogP contribution >= 0.6 is 0 Å². The molecule has 1 aliphatic rings. The van der Waals surface area contributed by atoms with Crippen molar-refractivity contribution in [1.29, 1.82) is 0 Å². The summed E-state index contributed by atoms with van der Waals surface area (Å²) in [6.07, 6.45) is 2.35. The first-order valence-corrected chi connectivity index (χ1v) is 6.61. The molecule has 1 aliphatic heterocycles. The molecule has 2 aromatic rings. The third kappa shape index (κ3) is 1.77. The van der Waals surface area contributed by atoms with Gasteiger partial charge in [-0.05, 0) is 31.9 Å². The van der Waals surface area contributed by atoms with Gasteiger partial charge >= 0.3 is 5.69 Å². The quantitative estimate of drug-likeness (QED) is 0.830. The predicted octanol–water partition coefficient (Wildman–Crippen LogP) is 2.00. The number of ether oxygens (including phenoxy) is 1. The molecule has 1 fully saturated rings. The van der Waals surface area contributed by atoms with Crippen LogP contribution in [0.2, 0.25) is 0 Å². The van der Waals surface area contributed by atoms with E-state index in [0.717, 1.165) is 30.5 Å². The molecule has 0 radical (unpaired) electrons. The zero-order chi connectivity index (χ0) is 12.5. The van der Waals surface area contributed by atoms with Crippen LogP contribution in [0, 0.1) is 0 Å². The van der Waals surface area contributed by atoms with Gasteiger partial charge in [-0.15, -0.1) is 0 Å². The molecular formula is C14H18N2O2. The lowest BCUT2D eigenvalue weighted by Gasteiger charge is -2.09. The number of aryl methyl sites for hydroxylation is 1. The van der Waals surface area contributed by atoms with Crippen LogP contribution in [0.1, 0.15) is 19.8 Å². The van der Waals surface area contributed by atoms with Crippen LogP contribution in [0.4, 0.5) is 0 Å². The zero-order valence-corrected chi connectivity index (χ0v) is 10.6. The summed E-state index contributed by atoms with van der Waals surface area (Å²) in [5, 5.41) is 0. The van der Waals surface area contributed by atoms with E-state index in [1.165, 1.54) is 0 Å². The molecule has 4 heteroatoms. The van der Waals surface area contributed by atoms with E-state index in [4.69, 9.17) is 4.74 Å². The van der Waals surface area contributed by atoms with E-state index in [0.29, 0.717) is 13.1 Å². The fourth-order valence-corrected chi connectivity index (χ4v) is 2.75. The predicted molar refractivity (Wildman–Crippen MR) is 70.8 cm³/mol. The molecule has 3 rings (SSSR count). The minimum Gasteiger partial charge on any atom is -0.376 e. The van der Waals surface area contributed by atoms with E-state index in [-0.39, 0.29) is 11.8 Å². The highest BCUT2D eigenvalue weighted by molar-refractivity contribution is 5.75. The van der Waals surface area contributed by atoms with Crippen LogP contribution in [0.25, 0.3) is 11.0 Å². The zero-order valence-electron chi connectivity index (χ0n) is 10.6.